The highest BCUT2D eigenvalue weighted by molar-refractivity contribution is 7.13. The van der Waals surface area contributed by atoms with E-state index in [1.165, 1.54) is 21.8 Å². The molecule has 0 spiro atoms. The molecule has 2 aromatic carbocycles. The Morgan fingerprint density at radius 3 is 2.49 bits per heavy atom. The van der Waals surface area contributed by atoms with E-state index in [1.54, 1.807) is 62.9 Å². The second kappa shape index (κ2) is 19.8. The molecule has 0 bridgehead atoms. The van der Waals surface area contributed by atoms with Gasteiger partial charge in [-0.05, 0) is 72.4 Å². The molecular formula is C52H59F2N11O6S. The number of benzene rings is 2. The van der Waals surface area contributed by atoms with Crippen LogP contribution in [0.25, 0.3) is 27.2 Å². The number of halogens is 2. The maximum Gasteiger partial charge on any atom is 0.264 e. The predicted molar refractivity (Wildman–Crippen MR) is 266 cm³/mol. The molecular weight excluding hydrogens is 945 g/mol. The number of rotatable bonds is 11. The van der Waals surface area contributed by atoms with Crippen LogP contribution >= 0.6 is 11.3 Å². The molecule has 6 aromatic rings. The third kappa shape index (κ3) is 9.46. The Bertz CT molecular complexity index is 3050. The number of ether oxygens (including phenoxy) is 1. The maximum absolute atomic E-state index is 15.3. The zero-order chi connectivity index (χ0) is 50.6. The first-order valence-corrected chi connectivity index (χ1v) is 25.5. The summed E-state index contributed by atoms with van der Waals surface area (Å²) in [6, 6.07) is 9.18. The smallest absolute Gasteiger partial charge is 0.264 e. The van der Waals surface area contributed by atoms with E-state index in [-0.39, 0.29) is 53.8 Å². The summed E-state index contributed by atoms with van der Waals surface area (Å²) in [4.78, 5) is 70.0. The van der Waals surface area contributed by atoms with Gasteiger partial charge in [0.2, 0.25) is 17.7 Å². The third-order valence-electron chi connectivity index (χ3n) is 14.5. The molecule has 4 aromatic heterocycles. The van der Waals surface area contributed by atoms with E-state index < -0.39 is 47.7 Å². The molecule has 0 radical (unpaired) electrons. The standard InChI is InChI=1S/C52H59F2N11O6S/c1-29-44(72-28-57-29)32-10-8-31(9-11-32)22-56-50(69)43-20-36(67)26-63(43)51(70)45(52(3,4)5)59-49(68)39-24-58-64-25-34(23-55-47(39)64)37-19-33-7-6-15-62(42(33)21-38(37)46(53)54)48-40-27-61(30(2)66)16-12-41(40)65(60-48)35-13-17-71-18-14-35/h8-11,19,21,23-25,28,35-36,43,45-46,67H,6-7,12-18,20,22,26-27H2,1-5H3,(H,56,69)(H,59,68)/t36-,43+,45-/m1/s1. The van der Waals surface area contributed by atoms with Crippen LogP contribution in [-0.4, -0.2) is 119 Å². The van der Waals surface area contributed by atoms with Gasteiger partial charge in [-0.15, -0.1) is 11.3 Å². The number of alkyl halides is 2. The number of aliphatic hydroxyl groups excluding tert-OH is 1. The summed E-state index contributed by atoms with van der Waals surface area (Å²) in [7, 11) is 0. The lowest BCUT2D eigenvalue weighted by molar-refractivity contribution is -0.142. The van der Waals surface area contributed by atoms with Crippen LogP contribution in [0.2, 0.25) is 0 Å². The lowest BCUT2D eigenvalue weighted by Gasteiger charge is -2.35. The zero-order valence-electron chi connectivity index (χ0n) is 41.0. The van der Waals surface area contributed by atoms with E-state index in [0.717, 1.165) is 57.8 Å². The molecule has 0 unspecified atom stereocenters. The van der Waals surface area contributed by atoms with Crippen molar-refractivity contribution in [2.75, 3.05) is 37.7 Å². The van der Waals surface area contributed by atoms with Crippen LogP contribution in [0.3, 0.4) is 0 Å². The summed E-state index contributed by atoms with van der Waals surface area (Å²) >= 11 is 1.56. The SMILES string of the molecule is CC(=O)N1CCc2c(c(N3CCCc4cc(-c5cnc6c(C(=O)N[C@H](C(=O)N7C[C@H](O)C[C@H]7C(=O)NCc7ccc(-c8scnc8C)cc7)C(C)(C)C)cnn6c5)c(C(F)F)cc43)nn2C2CCOCC2)C1. The van der Waals surface area contributed by atoms with Gasteiger partial charge in [0, 0.05) is 99.6 Å². The van der Waals surface area contributed by atoms with Crippen molar-refractivity contribution in [2.45, 2.75) is 117 Å². The summed E-state index contributed by atoms with van der Waals surface area (Å²) in [6.07, 6.45) is 4.24. The zero-order valence-corrected chi connectivity index (χ0v) is 41.8. The molecule has 4 amide bonds. The highest BCUT2D eigenvalue weighted by atomic mass is 32.1. The highest BCUT2D eigenvalue weighted by Crippen LogP contribution is 2.44. The van der Waals surface area contributed by atoms with Gasteiger partial charge in [0.25, 0.3) is 12.3 Å². The van der Waals surface area contributed by atoms with E-state index in [0.29, 0.717) is 62.8 Å². The number of anilines is 2. The quantitative estimate of drug-likeness (QED) is 0.125. The number of carbonyl (C=O) groups is 4. The number of nitrogens with one attached hydrogen (secondary N) is 2. The lowest BCUT2D eigenvalue weighted by Crippen LogP contribution is -2.57. The van der Waals surface area contributed by atoms with E-state index >= 15 is 8.78 Å². The van der Waals surface area contributed by atoms with E-state index in [1.807, 2.05) is 41.0 Å². The van der Waals surface area contributed by atoms with Crippen molar-refractivity contribution in [2.24, 2.45) is 5.41 Å². The Morgan fingerprint density at radius 1 is 1.00 bits per heavy atom. The Hall–Kier alpha value is -6.64. The normalized spacial score (nSPS) is 18.9. The monoisotopic (exact) mass is 1000 g/mol. The molecule has 4 aliphatic heterocycles. The van der Waals surface area contributed by atoms with E-state index in [4.69, 9.17) is 9.84 Å². The van der Waals surface area contributed by atoms with E-state index in [9.17, 15) is 24.3 Å². The van der Waals surface area contributed by atoms with Crippen molar-refractivity contribution in [3.63, 3.8) is 0 Å². The summed E-state index contributed by atoms with van der Waals surface area (Å²) in [5.41, 5.74) is 7.98. The molecule has 17 nitrogen and oxygen atoms in total. The lowest BCUT2D eigenvalue weighted by atomic mass is 9.85. The van der Waals surface area contributed by atoms with Crippen molar-refractivity contribution in [3.8, 4) is 21.6 Å². The molecule has 20 heteroatoms. The average molecular weight is 1000 g/mol. The molecule has 378 valence electrons. The number of aryl methyl sites for hydroxylation is 2. The Morgan fingerprint density at radius 2 is 1.78 bits per heavy atom. The first-order chi connectivity index (χ1) is 34.5. The molecule has 2 saturated heterocycles. The van der Waals surface area contributed by atoms with Crippen LogP contribution in [0.5, 0.6) is 0 Å². The summed E-state index contributed by atoms with van der Waals surface area (Å²) in [5.74, 6) is -0.933. The molecule has 10 rings (SSSR count). The van der Waals surface area contributed by atoms with Crippen molar-refractivity contribution in [1.82, 2.24) is 49.8 Å². The third-order valence-corrected chi connectivity index (χ3v) is 15.5. The Balaban J connectivity index is 0.874. The first kappa shape index (κ1) is 49.0. The average Bonchev–Trinajstić information content (AvgIpc) is 4.19. The second-order valence-electron chi connectivity index (χ2n) is 20.4. The fourth-order valence-electron chi connectivity index (χ4n) is 10.6. The van der Waals surface area contributed by atoms with Gasteiger partial charge < -0.3 is 35.2 Å². The topological polar surface area (TPSA) is 192 Å². The number of amides is 4. The number of likely N-dealkylation sites (tertiary alicyclic amines) is 1. The highest BCUT2D eigenvalue weighted by Gasteiger charge is 2.45. The molecule has 3 N–H and O–H groups in total. The van der Waals surface area contributed by atoms with Crippen LogP contribution in [0.4, 0.5) is 20.3 Å². The number of fused-ring (bicyclic) bond motifs is 3. The van der Waals surface area contributed by atoms with Gasteiger partial charge in [-0.3, -0.25) is 23.9 Å². The number of nitrogens with zero attached hydrogens (tertiary/aromatic N) is 9. The Labute approximate surface area is 419 Å². The number of aromatic nitrogens is 6. The molecule has 0 saturated carbocycles. The minimum atomic E-state index is -2.85. The molecule has 72 heavy (non-hydrogen) atoms. The van der Waals surface area contributed by atoms with Gasteiger partial charge >= 0.3 is 0 Å². The largest absolute Gasteiger partial charge is 0.391 e. The van der Waals surface area contributed by atoms with Gasteiger partial charge in [0.15, 0.2) is 11.5 Å². The first-order valence-electron chi connectivity index (χ1n) is 24.6. The van der Waals surface area contributed by atoms with Crippen molar-refractivity contribution < 1.29 is 37.8 Å². The number of hydrogen-bond donors (Lipinski definition) is 3. The number of hydrogen-bond acceptors (Lipinski definition) is 12. The predicted octanol–water partition coefficient (Wildman–Crippen LogP) is 6.73. The van der Waals surface area contributed by atoms with Crippen molar-refractivity contribution in [1.29, 1.82) is 0 Å². The van der Waals surface area contributed by atoms with Crippen LogP contribution in [0.1, 0.15) is 110 Å². The number of aliphatic hydroxyl groups is 1. The van der Waals surface area contributed by atoms with Crippen molar-refractivity contribution >= 4 is 52.1 Å². The van der Waals surface area contributed by atoms with E-state index in [2.05, 4.69) is 30.4 Å². The number of carbonyl (C=O) groups excluding carboxylic acids is 4. The van der Waals surface area contributed by atoms with Crippen LogP contribution in [0, 0.1) is 12.3 Å². The van der Waals surface area contributed by atoms with Gasteiger partial charge in [0.05, 0.1) is 41.0 Å². The summed E-state index contributed by atoms with van der Waals surface area (Å²) in [6.45, 7) is 11.8. The summed E-state index contributed by atoms with van der Waals surface area (Å²) < 4.78 is 39.7. The number of thiazole rings is 1. The van der Waals surface area contributed by atoms with Crippen molar-refractivity contribution in [3.05, 3.63) is 99.7 Å². The van der Waals surface area contributed by atoms with Crippen LogP contribution in [0.15, 0.2) is 60.5 Å². The number of β-amino-alcohol motifs (C(OH)–C–C–N with tert-alkyl or cyclic N) is 1. The minimum absolute atomic E-state index is 0.0264. The van der Waals surface area contributed by atoms with Crippen LogP contribution in [-0.2, 0) is 45.1 Å². The maximum atomic E-state index is 15.3. The Kier molecular flexibility index (Phi) is 13.4. The van der Waals surface area contributed by atoms with Gasteiger partial charge in [-0.1, -0.05) is 45.0 Å². The van der Waals surface area contributed by atoms with Crippen LogP contribution < -0.4 is 15.5 Å². The fraction of sp³-hybridized carbons (Fsp3) is 0.462. The van der Waals surface area contributed by atoms with Gasteiger partial charge in [-0.2, -0.15) is 10.2 Å². The molecule has 2 fully saturated rings. The minimum Gasteiger partial charge on any atom is -0.391 e. The molecule has 3 atom stereocenters. The fourth-order valence-corrected chi connectivity index (χ4v) is 11.4. The molecule has 0 aliphatic carbocycles. The summed E-state index contributed by atoms with van der Waals surface area (Å²) in [5, 5.41) is 26.2. The van der Waals surface area contributed by atoms with Gasteiger partial charge in [0.1, 0.15) is 17.6 Å². The molecule has 8 heterocycles. The molecule has 4 aliphatic rings. The van der Waals surface area contributed by atoms with Gasteiger partial charge in [-0.25, -0.2) is 23.3 Å². The second-order valence-corrected chi connectivity index (χ2v) is 21.2.